The van der Waals surface area contributed by atoms with Gasteiger partial charge in [0.05, 0.1) is 24.3 Å². The number of nitrogens with two attached hydrogens (primary N) is 1. The minimum absolute atomic E-state index is 0.0600. The second-order valence-electron chi connectivity index (χ2n) is 4.28. The number of sulfone groups is 1. The fourth-order valence-electron chi connectivity index (χ4n) is 1.80. The maximum Gasteiger partial charge on any atom is 0.156 e. The van der Waals surface area contributed by atoms with E-state index >= 15 is 0 Å². The number of hydrogen-bond acceptors (Lipinski definition) is 5. The van der Waals surface area contributed by atoms with E-state index < -0.39 is 9.84 Å². The first kappa shape index (κ1) is 14.9. The maximum atomic E-state index is 11.9. The third-order valence-corrected chi connectivity index (χ3v) is 4.39. The van der Waals surface area contributed by atoms with E-state index in [-0.39, 0.29) is 11.5 Å². The van der Waals surface area contributed by atoms with Crippen molar-refractivity contribution in [1.82, 2.24) is 4.98 Å². The van der Waals surface area contributed by atoms with E-state index in [1.165, 1.54) is 0 Å². The maximum absolute atomic E-state index is 11.9. The van der Waals surface area contributed by atoms with Gasteiger partial charge in [-0.1, -0.05) is 0 Å². The summed E-state index contributed by atoms with van der Waals surface area (Å²) in [4.78, 5) is 4.19. The molecule has 5 nitrogen and oxygen atoms in total. The Balaban J connectivity index is 2.99. The molecule has 0 bridgehead atoms. The van der Waals surface area contributed by atoms with Crippen molar-refractivity contribution in [3.63, 3.8) is 0 Å². The molecule has 0 saturated carbocycles. The number of methoxy groups -OCH3 is 1. The number of rotatable bonds is 6. The topological polar surface area (TPSA) is 82.3 Å². The van der Waals surface area contributed by atoms with Gasteiger partial charge in [0.2, 0.25) is 0 Å². The Morgan fingerprint density at radius 1 is 1.39 bits per heavy atom. The third-order valence-electron chi connectivity index (χ3n) is 2.77. The van der Waals surface area contributed by atoms with Gasteiger partial charge in [0.15, 0.2) is 9.84 Å². The van der Waals surface area contributed by atoms with Crippen LogP contribution >= 0.6 is 0 Å². The normalized spacial score (nSPS) is 11.6. The lowest BCUT2D eigenvalue weighted by molar-refractivity contribution is 0.407. The summed E-state index contributed by atoms with van der Waals surface area (Å²) < 4.78 is 29.0. The van der Waals surface area contributed by atoms with E-state index in [1.807, 2.05) is 13.8 Å². The first-order valence-electron chi connectivity index (χ1n) is 5.81. The lowest BCUT2D eigenvalue weighted by atomic mass is 10.1. The Morgan fingerprint density at radius 2 is 2.06 bits per heavy atom. The van der Waals surface area contributed by atoms with Crippen molar-refractivity contribution in [2.45, 2.75) is 26.0 Å². The lowest BCUT2D eigenvalue weighted by Gasteiger charge is -2.12. The van der Waals surface area contributed by atoms with Crippen LogP contribution in [0.1, 0.15) is 23.2 Å². The number of ether oxygens (including phenoxy) is 1. The van der Waals surface area contributed by atoms with Crippen molar-refractivity contribution < 1.29 is 13.2 Å². The zero-order valence-electron chi connectivity index (χ0n) is 11.1. The number of pyridine rings is 1. The summed E-state index contributed by atoms with van der Waals surface area (Å²) in [6.45, 7) is 4.08. The molecular formula is C12H20N2O3S. The van der Waals surface area contributed by atoms with Crippen LogP contribution in [-0.2, 0) is 15.6 Å². The molecule has 0 amide bonds. The molecule has 0 atom stereocenters. The van der Waals surface area contributed by atoms with Gasteiger partial charge in [-0.05, 0) is 26.8 Å². The van der Waals surface area contributed by atoms with Crippen molar-refractivity contribution >= 4 is 9.84 Å². The van der Waals surface area contributed by atoms with Crippen LogP contribution in [0.5, 0.6) is 5.75 Å². The first-order chi connectivity index (χ1) is 8.41. The highest BCUT2D eigenvalue weighted by atomic mass is 32.2. The molecule has 102 valence electrons. The van der Waals surface area contributed by atoms with Gasteiger partial charge in [-0.2, -0.15) is 0 Å². The van der Waals surface area contributed by atoms with Crippen LogP contribution in [0.25, 0.3) is 0 Å². The van der Waals surface area contributed by atoms with E-state index in [9.17, 15) is 8.42 Å². The Labute approximate surface area is 108 Å². The minimum Gasteiger partial charge on any atom is -0.496 e. The van der Waals surface area contributed by atoms with Crippen LogP contribution in [0, 0.1) is 13.8 Å². The molecular weight excluding hydrogens is 252 g/mol. The molecule has 1 rings (SSSR count). The quantitative estimate of drug-likeness (QED) is 0.834. The summed E-state index contributed by atoms with van der Waals surface area (Å²) in [6.07, 6.45) is 2.12. The van der Waals surface area contributed by atoms with Crippen LogP contribution in [0.15, 0.2) is 6.20 Å². The summed E-state index contributed by atoms with van der Waals surface area (Å²) in [7, 11) is -1.58. The summed E-state index contributed by atoms with van der Waals surface area (Å²) >= 11 is 0. The fraction of sp³-hybridized carbons (Fsp3) is 0.583. The molecule has 1 aromatic rings. The molecule has 1 heterocycles. The molecule has 0 saturated heterocycles. The van der Waals surface area contributed by atoms with Crippen LogP contribution in [-0.4, -0.2) is 32.8 Å². The van der Waals surface area contributed by atoms with E-state index in [1.54, 1.807) is 13.3 Å². The predicted octanol–water partition coefficient (Wildman–Crippen LogP) is 0.971. The standard InChI is InChI=1S/C12H20N2O3S/c1-9-7-14-11(10(2)12(9)17-3)8-18(15,16)6-4-5-13/h7H,4-6,8,13H2,1-3H3. The summed E-state index contributed by atoms with van der Waals surface area (Å²) in [6, 6.07) is 0. The van der Waals surface area contributed by atoms with Gasteiger partial charge in [0.1, 0.15) is 5.75 Å². The average molecular weight is 272 g/mol. The average Bonchev–Trinajstić information content (AvgIpc) is 2.31. The zero-order chi connectivity index (χ0) is 13.8. The van der Waals surface area contributed by atoms with Crippen LogP contribution in [0.2, 0.25) is 0 Å². The molecule has 0 aliphatic heterocycles. The van der Waals surface area contributed by atoms with Gasteiger partial charge in [-0.3, -0.25) is 4.98 Å². The van der Waals surface area contributed by atoms with Gasteiger partial charge in [0, 0.05) is 17.3 Å². The highest BCUT2D eigenvalue weighted by molar-refractivity contribution is 7.90. The highest BCUT2D eigenvalue weighted by Gasteiger charge is 2.17. The molecule has 0 radical (unpaired) electrons. The monoisotopic (exact) mass is 272 g/mol. The number of aromatic nitrogens is 1. The second kappa shape index (κ2) is 6.15. The second-order valence-corrected chi connectivity index (χ2v) is 6.46. The Kier molecular flexibility index (Phi) is 5.10. The third kappa shape index (κ3) is 3.68. The van der Waals surface area contributed by atoms with Crippen molar-refractivity contribution in [2.75, 3.05) is 19.4 Å². The molecule has 0 aliphatic carbocycles. The van der Waals surface area contributed by atoms with Crippen molar-refractivity contribution in [3.05, 3.63) is 23.0 Å². The van der Waals surface area contributed by atoms with Gasteiger partial charge >= 0.3 is 0 Å². The van der Waals surface area contributed by atoms with E-state index in [4.69, 9.17) is 10.5 Å². The van der Waals surface area contributed by atoms with Crippen molar-refractivity contribution in [2.24, 2.45) is 5.73 Å². The minimum atomic E-state index is -3.16. The first-order valence-corrected chi connectivity index (χ1v) is 7.63. The van der Waals surface area contributed by atoms with Gasteiger partial charge in [-0.15, -0.1) is 0 Å². The molecule has 0 aromatic carbocycles. The predicted molar refractivity (Wildman–Crippen MR) is 71.4 cm³/mol. The Morgan fingerprint density at radius 3 is 2.61 bits per heavy atom. The van der Waals surface area contributed by atoms with Crippen LogP contribution in [0.3, 0.4) is 0 Å². The van der Waals surface area contributed by atoms with Crippen LogP contribution in [0.4, 0.5) is 0 Å². The number of nitrogens with zero attached hydrogens (tertiary/aromatic N) is 1. The summed E-state index contributed by atoms with van der Waals surface area (Å²) in [5.74, 6) is 0.741. The molecule has 18 heavy (non-hydrogen) atoms. The SMILES string of the molecule is COc1c(C)cnc(CS(=O)(=O)CCCN)c1C. The number of aryl methyl sites for hydroxylation is 1. The van der Waals surface area contributed by atoms with Gasteiger partial charge in [-0.25, -0.2) is 8.42 Å². The van der Waals surface area contributed by atoms with E-state index in [2.05, 4.69) is 4.98 Å². The van der Waals surface area contributed by atoms with E-state index in [0.29, 0.717) is 24.4 Å². The largest absolute Gasteiger partial charge is 0.496 e. The summed E-state index contributed by atoms with van der Waals surface area (Å²) in [5, 5.41) is 0. The summed E-state index contributed by atoms with van der Waals surface area (Å²) in [5.41, 5.74) is 7.56. The molecule has 2 N–H and O–H groups in total. The lowest BCUT2D eigenvalue weighted by Crippen LogP contribution is -2.15. The van der Waals surface area contributed by atoms with Gasteiger partial charge in [0.25, 0.3) is 0 Å². The Bertz CT molecular complexity index is 512. The molecule has 6 heteroatoms. The highest BCUT2D eigenvalue weighted by Crippen LogP contribution is 2.25. The zero-order valence-corrected chi connectivity index (χ0v) is 11.9. The smallest absolute Gasteiger partial charge is 0.156 e. The molecule has 1 aromatic heterocycles. The van der Waals surface area contributed by atoms with Gasteiger partial charge < -0.3 is 10.5 Å². The van der Waals surface area contributed by atoms with E-state index in [0.717, 1.165) is 11.1 Å². The molecule has 0 spiro atoms. The molecule has 0 fully saturated rings. The van der Waals surface area contributed by atoms with Crippen molar-refractivity contribution in [1.29, 1.82) is 0 Å². The van der Waals surface area contributed by atoms with Crippen LogP contribution < -0.4 is 10.5 Å². The fourth-order valence-corrected chi connectivity index (χ4v) is 3.26. The molecule has 0 aliphatic rings. The molecule has 0 unspecified atom stereocenters. The Hall–Kier alpha value is -1.14. The number of hydrogen-bond donors (Lipinski definition) is 1. The van der Waals surface area contributed by atoms with Crippen molar-refractivity contribution in [3.8, 4) is 5.75 Å².